The zero-order valence-electron chi connectivity index (χ0n) is 16.5. The average molecular weight is 362 g/mol. The lowest BCUT2D eigenvalue weighted by Gasteiger charge is -2.36. The molecule has 0 aliphatic carbocycles. The number of hydrogen-bond acceptors (Lipinski definition) is 4. The number of piperazine rings is 1. The maximum absolute atomic E-state index is 12.7. The summed E-state index contributed by atoms with van der Waals surface area (Å²) in [5.74, 6) is 1.59. The van der Waals surface area contributed by atoms with E-state index in [9.17, 15) is 9.59 Å². The van der Waals surface area contributed by atoms with Gasteiger partial charge in [0.2, 0.25) is 11.8 Å². The zero-order valence-corrected chi connectivity index (χ0v) is 16.5. The number of nitrogens with zero attached hydrogens (tertiary/aromatic N) is 2. The summed E-state index contributed by atoms with van der Waals surface area (Å²) in [6.07, 6.45) is 0.790. The van der Waals surface area contributed by atoms with Gasteiger partial charge in [0, 0.05) is 38.2 Å². The molecule has 6 heteroatoms. The van der Waals surface area contributed by atoms with Gasteiger partial charge in [-0.25, -0.2) is 0 Å². The van der Waals surface area contributed by atoms with Gasteiger partial charge in [-0.3, -0.25) is 9.59 Å². The number of hydrogen-bond donors (Lipinski definition) is 0. The van der Waals surface area contributed by atoms with Crippen molar-refractivity contribution in [3.05, 3.63) is 23.8 Å². The molecule has 1 aromatic carbocycles. The quantitative estimate of drug-likeness (QED) is 0.807. The fraction of sp³-hybridized carbons (Fsp3) is 0.600. The van der Waals surface area contributed by atoms with Crippen molar-refractivity contribution in [1.29, 1.82) is 0 Å². The molecule has 1 heterocycles. The Hall–Kier alpha value is -2.24. The monoisotopic (exact) mass is 362 g/mol. The molecular weight excluding hydrogens is 332 g/mol. The van der Waals surface area contributed by atoms with Gasteiger partial charge < -0.3 is 19.3 Å². The lowest BCUT2D eigenvalue weighted by atomic mass is 9.91. The number of ether oxygens (including phenoxy) is 2. The van der Waals surface area contributed by atoms with Crippen LogP contribution >= 0.6 is 0 Å². The third-order valence-electron chi connectivity index (χ3n) is 4.50. The normalized spacial score (nSPS) is 15.0. The number of amides is 2. The highest BCUT2D eigenvalue weighted by molar-refractivity contribution is 5.81. The van der Waals surface area contributed by atoms with Gasteiger partial charge in [0.1, 0.15) is 11.5 Å². The maximum atomic E-state index is 12.7. The Bertz CT molecular complexity index is 644. The van der Waals surface area contributed by atoms with Gasteiger partial charge >= 0.3 is 0 Å². The molecule has 1 aromatic rings. The Balaban J connectivity index is 1.94. The van der Waals surface area contributed by atoms with Crippen molar-refractivity contribution in [1.82, 2.24) is 9.80 Å². The van der Waals surface area contributed by atoms with E-state index in [4.69, 9.17) is 9.47 Å². The molecule has 0 saturated carbocycles. The second-order valence-corrected chi connectivity index (χ2v) is 7.85. The van der Waals surface area contributed by atoms with E-state index in [1.165, 1.54) is 0 Å². The van der Waals surface area contributed by atoms with Crippen LogP contribution in [0.5, 0.6) is 11.5 Å². The number of benzene rings is 1. The number of carbonyl (C=O) groups excluding carboxylic acids is 2. The first-order valence-corrected chi connectivity index (χ1v) is 9.00. The first-order valence-electron chi connectivity index (χ1n) is 9.00. The van der Waals surface area contributed by atoms with Crippen LogP contribution in [0.3, 0.4) is 0 Å². The third-order valence-corrected chi connectivity index (χ3v) is 4.50. The van der Waals surface area contributed by atoms with Gasteiger partial charge in [-0.1, -0.05) is 20.8 Å². The molecule has 0 aromatic heterocycles. The molecule has 1 saturated heterocycles. The highest BCUT2D eigenvalue weighted by atomic mass is 16.5. The number of rotatable bonds is 5. The first kappa shape index (κ1) is 20.1. The predicted octanol–water partition coefficient (Wildman–Crippen LogP) is 2.35. The van der Waals surface area contributed by atoms with Gasteiger partial charge in [-0.2, -0.15) is 0 Å². The lowest BCUT2D eigenvalue weighted by Crippen LogP contribution is -2.51. The summed E-state index contributed by atoms with van der Waals surface area (Å²) >= 11 is 0. The summed E-state index contributed by atoms with van der Waals surface area (Å²) in [6, 6.07) is 5.46. The van der Waals surface area contributed by atoms with E-state index in [1.54, 1.807) is 14.2 Å². The third kappa shape index (κ3) is 5.38. The molecule has 0 unspecified atom stereocenters. The van der Waals surface area contributed by atoms with Crippen LogP contribution in [-0.2, 0) is 16.0 Å². The molecule has 1 aliphatic heterocycles. The van der Waals surface area contributed by atoms with Crippen molar-refractivity contribution in [3.8, 4) is 11.5 Å². The summed E-state index contributed by atoms with van der Waals surface area (Å²) in [5.41, 5.74) is 0.788. The van der Waals surface area contributed by atoms with Gasteiger partial charge in [0.05, 0.1) is 20.6 Å². The van der Waals surface area contributed by atoms with Crippen molar-refractivity contribution in [2.24, 2.45) is 5.41 Å². The Morgan fingerprint density at radius 3 is 2.04 bits per heavy atom. The van der Waals surface area contributed by atoms with E-state index in [0.29, 0.717) is 44.1 Å². The van der Waals surface area contributed by atoms with Crippen LogP contribution in [0.1, 0.15) is 32.8 Å². The molecule has 2 rings (SSSR count). The molecule has 0 N–H and O–H groups in total. The van der Waals surface area contributed by atoms with E-state index < -0.39 is 0 Å². The summed E-state index contributed by atoms with van der Waals surface area (Å²) in [6.45, 7) is 8.51. The zero-order chi connectivity index (χ0) is 19.3. The first-order chi connectivity index (χ1) is 12.2. The molecule has 26 heavy (non-hydrogen) atoms. The second kappa shape index (κ2) is 8.43. The van der Waals surface area contributed by atoms with E-state index in [-0.39, 0.29) is 23.7 Å². The fourth-order valence-electron chi connectivity index (χ4n) is 3.07. The Kier molecular flexibility index (Phi) is 6.51. The Morgan fingerprint density at radius 2 is 1.54 bits per heavy atom. The van der Waals surface area contributed by atoms with Crippen LogP contribution in [-0.4, -0.2) is 62.0 Å². The summed E-state index contributed by atoms with van der Waals surface area (Å²) in [4.78, 5) is 28.7. The predicted molar refractivity (Wildman–Crippen MR) is 100 cm³/mol. The molecule has 0 spiro atoms. The van der Waals surface area contributed by atoms with Crippen LogP contribution in [0.25, 0.3) is 0 Å². The average Bonchev–Trinajstić information content (AvgIpc) is 2.60. The summed E-state index contributed by atoms with van der Waals surface area (Å²) < 4.78 is 10.6. The van der Waals surface area contributed by atoms with Gasteiger partial charge in [-0.05, 0) is 23.6 Å². The van der Waals surface area contributed by atoms with Crippen LogP contribution in [0.15, 0.2) is 18.2 Å². The lowest BCUT2D eigenvalue weighted by molar-refractivity contribution is -0.140. The van der Waals surface area contributed by atoms with Crippen molar-refractivity contribution < 1.29 is 19.1 Å². The molecule has 2 amide bonds. The molecular formula is C20H30N2O4. The summed E-state index contributed by atoms with van der Waals surface area (Å²) in [5, 5.41) is 0. The van der Waals surface area contributed by atoms with Crippen molar-refractivity contribution >= 4 is 11.8 Å². The second-order valence-electron chi connectivity index (χ2n) is 7.85. The molecule has 144 valence electrons. The van der Waals surface area contributed by atoms with Crippen LogP contribution < -0.4 is 9.47 Å². The minimum atomic E-state index is -0.0209. The minimum absolute atomic E-state index is 0.0209. The van der Waals surface area contributed by atoms with Gasteiger partial charge in [-0.15, -0.1) is 0 Å². The fourth-order valence-corrected chi connectivity index (χ4v) is 3.07. The molecule has 0 atom stereocenters. The smallest absolute Gasteiger partial charge is 0.227 e. The van der Waals surface area contributed by atoms with E-state index >= 15 is 0 Å². The van der Waals surface area contributed by atoms with Crippen LogP contribution in [0.4, 0.5) is 0 Å². The topological polar surface area (TPSA) is 59.1 Å². The largest absolute Gasteiger partial charge is 0.497 e. The standard InChI is InChI=1S/C20H30N2O4/c1-20(2,3)14-19(24)22-10-8-21(9-11-22)18(23)13-15-12-16(25-4)6-7-17(15)26-5/h6-7,12H,8-11,13-14H2,1-5H3. The van der Waals surface area contributed by atoms with Crippen molar-refractivity contribution in [3.63, 3.8) is 0 Å². The molecule has 0 bridgehead atoms. The van der Waals surface area contributed by atoms with Gasteiger partial charge in [0.15, 0.2) is 0 Å². The highest BCUT2D eigenvalue weighted by Crippen LogP contribution is 2.25. The maximum Gasteiger partial charge on any atom is 0.227 e. The van der Waals surface area contributed by atoms with Crippen molar-refractivity contribution in [2.45, 2.75) is 33.6 Å². The number of carbonyl (C=O) groups is 2. The van der Waals surface area contributed by atoms with E-state index in [0.717, 1.165) is 5.56 Å². The highest BCUT2D eigenvalue weighted by Gasteiger charge is 2.27. The van der Waals surface area contributed by atoms with Crippen LogP contribution in [0, 0.1) is 5.41 Å². The molecule has 1 fully saturated rings. The molecule has 0 radical (unpaired) electrons. The summed E-state index contributed by atoms with van der Waals surface area (Å²) in [7, 11) is 3.19. The number of methoxy groups -OCH3 is 2. The SMILES string of the molecule is COc1ccc(OC)c(CC(=O)N2CCN(C(=O)CC(C)(C)C)CC2)c1. The molecule has 6 nitrogen and oxygen atoms in total. The Morgan fingerprint density at radius 1 is 0.962 bits per heavy atom. The Labute approximate surface area is 156 Å². The van der Waals surface area contributed by atoms with E-state index in [1.807, 2.05) is 28.0 Å². The molecule has 1 aliphatic rings. The van der Waals surface area contributed by atoms with Crippen molar-refractivity contribution in [2.75, 3.05) is 40.4 Å². The van der Waals surface area contributed by atoms with Gasteiger partial charge in [0.25, 0.3) is 0 Å². The minimum Gasteiger partial charge on any atom is -0.497 e. The van der Waals surface area contributed by atoms with E-state index in [2.05, 4.69) is 20.8 Å². The van der Waals surface area contributed by atoms with Crippen LogP contribution in [0.2, 0.25) is 0 Å².